The normalized spacial score (nSPS) is 18.0. The quantitative estimate of drug-likeness (QED) is 0.912. The molecule has 4 nitrogen and oxygen atoms in total. The molecule has 0 radical (unpaired) electrons. The van der Waals surface area contributed by atoms with Gasteiger partial charge in [-0.1, -0.05) is 11.6 Å². The summed E-state index contributed by atoms with van der Waals surface area (Å²) in [6.07, 6.45) is 0.285. The molecule has 1 fully saturated rings. The smallest absolute Gasteiger partial charge is 0.225 e. The Kier molecular flexibility index (Phi) is 3.87. The molecule has 0 bridgehead atoms. The highest BCUT2D eigenvalue weighted by Gasteiger charge is 2.27. The van der Waals surface area contributed by atoms with Gasteiger partial charge in [-0.2, -0.15) is 0 Å². The zero-order valence-corrected chi connectivity index (χ0v) is 13.1. The molecule has 2 N–H and O–H groups in total. The third kappa shape index (κ3) is 2.89. The fraction of sp³-hybridized carbons (Fsp3) is 0.333. The number of fused-ring (bicyclic) bond motifs is 1. The Morgan fingerprint density at radius 1 is 1.52 bits per heavy atom. The van der Waals surface area contributed by atoms with Gasteiger partial charge in [-0.05, 0) is 36.1 Å². The summed E-state index contributed by atoms with van der Waals surface area (Å²) in [6.45, 7) is 2.97. The van der Waals surface area contributed by atoms with Gasteiger partial charge in [-0.15, -0.1) is 11.3 Å². The number of nitrogens with one attached hydrogen (secondary N) is 2. The molecular weight excluding hydrogens is 308 g/mol. The van der Waals surface area contributed by atoms with Gasteiger partial charge in [-0.25, -0.2) is 0 Å². The van der Waals surface area contributed by atoms with Gasteiger partial charge in [-0.3, -0.25) is 9.59 Å². The van der Waals surface area contributed by atoms with E-state index < -0.39 is 0 Å². The highest BCUT2D eigenvalue weighted by atomic mass is 35.5. The number of hydrogen-bond acceptors (Lipinski definition) is 3. The average molecular weight is 323 g/mol. The highest BCUT2D eigenvalue weighted by Crippen LogP contribution is 2.32. The molecule has 0 saturated carbocycles. The predicted molar refractivity (Wildman–Crippen MR) is 84.5 cm³/mol. The van der Waals surface area contributed by atoms with E-state index in [1.807, 2.05) is 25.1 Å². The maximum absolute atomic E-state index is 12.0. The standard InChI is InChI=1S/C15H15ClN2O2S/c1-8-11-5-10(16)2-3-12(11)21-13(8)7-18-15(20)9-4-14(19)17-6-9/h2-3,5,9H,4,6-7H2,1H3,(H,17,19)(H,18,20). The Labute approximate surface area is 131 Å². The molecule has 1 unspecified atom stereocenters. The first-order valence-corrected chi connectivity index (χ1v) is 7.96. The molecule has 1 aliphatic rings. The Balaban J connectivity index is 1.72. The molecule has 0 aliphatic carbocycles. The lowest BCUT2D eigenvalue weighted by Gasteiger charge is -2.08. The van der Waals surface area contributed by atoms with Crippen LogP contribution in [-0.2, 0) is 16.1 Å². The molecule has 6 heteroatoms. The van der Waals surface area contributed by atoms with E-state index in [4.69, 9.17) is 11.6 Å². The minimum absolute atomic E-state index is 0.0529. The first-order chi connectivity index (χ1) is 10.0. The van der Waals surface area contributed by atoms with Crippen LogP contribution in [0.25, 0.3) is 10.1 Å². The average Bonchev–Trinajstić information content (AvgIpc) is 3.02. The van der Waals surface area contributed by atoms with Gasteiger partial charge in [0.1, 0.15) is 0 Å². The van der Waals surface area contributed by atoms with E-state index in [1.165, 1.54) is 4.70 Å². The minimum Gasteiger partial charge on any atom is -0.355 e. The van der Waals surface area contributed by atoms with Gasteiger partial charge in [0.25, 0.3) is 0 Å². The summed E-state index contributed by atoms with van der Waals surface area (Å²) in [5.41, 5.74) is 1.15. The number of benzene rings is 1. The van der Waals surface area contributed by atoms with Gasteiger partial charge < -0.3 is 10.6 Å². The van der Waals surface area contributed by atoms with Crippen LogP contribution in [-0.4, -0.2) is 18.4 Å². The molecule has 1 aromatic carbocycles. The lowest BCUT2D eigenvalue weighted by molar-refractivity contribution is -0.126. The SMILES string of the molecule is Cc1c(CNC(=O)C2CNC(=O)C2)sc2ccc(Cl)cc12. The lowest BCUT2D eigenvalue weighted by Crippen LogP contribution is -2.31. The van der Waals surface area contributed by atoms with Crippen molar-refractivity contribution in [3.63, 3.8) is 0 Å². The molecule has 1 atom stereocenters. The molecular formula is C15H15ClN2O2S. The second-order valence-electron chi connectivity index (χ2n) is 5.21. The van der Waals surface area contributed by atoms with Gasteiger partial charge in [0.15, 0.2) is 0 Å². The van der Waals surface area contributed by atoms with Crippen LogP contribution in [0.3, 0.4) is 0 Å². The molecule has 3 rings (SSSR count). The first kappa shape index (κ1) is 14.4. The third-order valence-electron chi connectivity index (χ3n) is 3.77. The Morgan fingerprint density at radius 3 is 3.05 bits per heavy atom. The zero-order valence-electron chi connectivity index (χ0n) is 11.5. The van der Waals surface area contributed by atoms with Crippen molar-refractivity contribution in [3.05, 3.63) is 33.7 Å². The van der Waals surface area contributed by atoms with E-state index in [0.717, 1.165) is 20.8 Å². The van der Waals surface area contributed by atoms with Crippen LogP contribution in [0.5, 0.6) is 0 Å². The van der Waals surface area contributed by atoms with E-state index in [2.05, 4.69) is 10.6 Å². The Hall–Kier alpha value is -1.59. The Morgan fingerprint density at radius 2 is 2.33 bits per heavy atom. The lowest BCUT2D eigenvalue weighted by atomic mass is 10.1. The van der Waals surface area contributed by atoms with Crippen molar-refractivity contribution in [2.75, 3.05) is 6.54 Å². The van der Waals surface area contributed by atoms with Crippen molar-refractivity contribution >= 4 is 44.8 Å². The van der Waals surface area contributed by atoms with Gasteiger partial charge >= 0.3 is 0 Å². The molecule has 2 aromatic rings. The van der Waals surface area contributed by atoms with Gasteiger partial charge in [0.2, 0.25) is 11.8 Å². The zero-order chi connectivity index (χ0) is 15.0. The fourth-order valence-corrected chi connectivity index (χ4v) is 3.82. The molecule has 1 aromatic heterocycles. The fourth-order valence-electron chi connectivity index (χ4n) is 2.51. The van der Waals surface area contributed by atoms with E-state index >= 15 is 0 Å². The van der Waals surface area contributed by atoms with Crippen LogP contribution in [0.1, 0.15) is 16.9 Å². The summed E-state index contributed by atoms with van der Waals surface area (Å²) in [7, 11) is 0. The van der Waals surface area contributed by atoms with E-state index in [9.17, 15) is 9.59 Å². The number of thiophene rings is 1. The maximum atomic E-state index is 12.0. The maximum Gasteiger partial charge on any atom is 0.225 e. The largest absolute Gasteiger partial charge is 0.355 e. The minimum atomic E-state index is -0.248. The van der Waals surface area contributed by atoms with E-state index in [1.54, 1.807) is 11.3 Å². The van der Waals surface area contributed by atoms with Gasteiger partial charge in [0, 0.05) is 27.6 Å². The van der Waals surface area contributed by atoms with Crippen molar-refractivity contribution in [1.82, 2.24) is 10.6 Å². The second kappa shape index (κ2) is 5.66. The van der Waals surface area contributed by atoms with Crippen LogP contribution in [0.2, 0.25) is 5.02 Å². The number of aryl methyl sites for hydroxylation is 1. The first-order valence-electron chi connectivity index (χ1n) is 6.76. The number of carbonyl (C=O) groups is 2. The Bertz CT molecular complexity index is 726. The number of hydrogen-bond donors (Lipinski definition) is 2. The van der Waals surface area contributed by atoms with Crippen LogP contribution in [0.15, 0.2) is 18.2 Å². The summed E-state index contributed by atoms with van der Waals surface area (Å²) in [6, 6.07) is 5.83. The molecule has 21 heavy (non-hydrogen) atoms. The monoisotopic (exact) mass is 322 g/mol. The molecule has 1 saturated heterocycles. The molecule has 2 heterocycles. The van der Waals surface area contributed by atoms with E-state index in [-0.39, 0.29) is 24.2 Å². The topological polar surface area (TPSA) is 58.2 Å². The number of rotatable bonds is 3. The van der Waals surface area contributed by atoms with Crippen LogP contribution >= 0.6 is 22.9 Å². The van der Waals surface area contributed by atoms with Crippen LogP contribution in [0, 0.1) is 12.8 Å². The summed E-state index contributed by atoms with van der Waals surface area (Å²) < 4.78 is 1.17. The van der Waals surface area contributed by atoms with Crippen LogP contribution in [0.4, 0.5) is 0 Å². The van der Waals surface area contributed by atoms with Crippen molar-refractivity contribution in [1.29, 1.82) is 0 Å². The summed E-state index contributed by atoms with van der Waals surface area (Å²) in [5, 5.41) is 7.45. The highest BCUT2D eigenvalue weighted by molar-refractivity contribution is 7.19. The summed E-state index contributed by atoms with van der Waals surface area (Å²) >= 11 is 7.68. The molecule has 2 amide bonds. The number of carbonyl (C=O) groups excluding carboxylic acids is 2. The van der Waals surface area contributed by atoms with Gasteiger partial charge in [0.05, 0.1) is 12.5 Å². The van der Waals surface area contributed by atoms with Crippen molar-refractivity contribution < 1.29 is 9.59 Å². The number of halogens is 1. The third-order valence-corrected chi connectivity index (χ3v) is 5.28. The van der Waals surface area contributed by atoms with Crippen LogP contribution < -0.4 is 10.6 Å². The van der Waals surface area contributed by atoms with Crippen molar-refractivity contribution in [2.45, 2.75) is 19.9 Å². The van der Waals surface area contributed by atoms with Crippen molar-refractivity contribution in [3.8, 4) is 0 Å². The molecule has 1 aliphatic heterocycles. The second-order valence-corrected chi connectivity index (χ2v) is 6.79. The number of amides is 2. The van der Waals surface area contributed by atoms with Crippen molar-refractivity contribution in [2.24, 2.45) is 5.92 Å². The predicted octanol–water partition coefficient (Wildman–Crippen LogP) is 2.62. The molecule has 110 valence electrons. The summed E-state index contributed by atoms with van der Waals surface area (Å²) in [5.74, 6) is -0.368. The molecule has 0 spiro atoms. The van der Waals surface area contributed by atoms with E-state index in [0.29, 0.717) is 13.1 Å². The summed E-state index contributed by atoms with van der Waals surface area (Å²) in [4.78, 5) is 24.3.